The summed E-state index contributed by atoms with van der Waals surface area (Å²) < 4.78 is 9.98. The number of carbonyl (C=O) groups is 1. The van der Waals surface area contributed by atoms with E-state index in [0.717, 1.165) is 18.6 Å². The highest BCUT2D eigenvalue weighted by Crippen LogP contribution is 2.08. The minimum atomic E-state index is -0.127. The van der Waals surface area contributed by atoms with Crippen LogP contribution in [0.4, 0.5) is 0 Å². The van der Waals surface area contributed by atoms with Crippen LogP contribution >= 0.6 is 11.8 Å². The standard InChI is InChI=1S/C8H16O3S/c1-7(9)12-6-4-5-8(10-2)11-3/h8H,4-6H2,1-3H3. The van der Waals surface area contributed by atoms with Crippen LogP contribution in [-0.4, -0.2) is 31.4 Å². The van der Waals surface area contributed by atoms with Crippen LogP contribution in [0.1, 0.15) is 19.8 Å². The maximum absolute atomic E-state index is 10.5. The Labute approximate surface area is 77.8 Å². The van der Waals surface area contributed by atoms with Crippen LogP contribution in [-0.2, 0) is 14.3 Å². The predicted molar refractivity (Wildman–Crippen MR) is 50.2 cm³/mol. The molecule has 0 saturated carbocycles. The van der Waals surface area contributed by atoms with Crippen molar-refractivity contribution in [1.82, 2.24) is 0 Å². The molecule has 72 valence electrons. The molecule has 0 aromatic rings. The average molecular weight is 192 g/mol. The lowest BCUT2D eigenvalue weighted by Crippen LogP contribution is -2.12. The van der Waals surface area contributed by atoms with E-state index in [-0.39, 0.29) is 11.4 Å². The van der Waals surface area contributed by atoms with Crippen molar-refractivity contribution in [3.8, 4) is 0 Å². The lowest BCUT2D eigenvalue weighted by Gasteiger charge is -2.11. The van der Waals surface area contributed by atoms with Gasteiger partial charge in [0, 0.05) is 26.9 Å². The monoisotopic (exact) mass is 192 g/mol. The van der Waals surface area contributed by atoms with Crippen LogP contribution in [0.3, 0.4) is 0 Å². The zero-order valence-corrected chi connectivity index (χ0v) is 8.65. The minimum Gasteiger partial charge on any atom is -0.356 e. The van der Waals surface area contributed by atoms with E-state index in [0.29, 0.717) is 0 Å². The molecule has 0 radical (unpaired) electrons. The van der Waals surface area contributed by atoms with E-state index >= 15 is 0 Å². The fourth-order valence-electron chi connectivity index (χ4n) is 0.798. The number of hydrogen-bond donors (Lipinski definition) is 0. The summed E-state index contributed by atoms with van der Waals surface area (Å²) in [6, 6.07) is 0. The number of methoxy groups -OCH3 is 2. The molecular weight excluding hydrogens is 176 g/mol. The molecule has 0 aliphatic carbocycles. The number of ether oxygens (including phenoxy) is 2. The lowest BCUT2D eigenvalue weighted by molar-refractivity contribution is -0.109. The van der Waals surface area contributed by atoms with E-state index in [1.807, 2.05) is 0 Å². The molecule has 0 N–H and O–H groups in total. The molecular formula is C8H16O3S. The fraction of sp³-hybridized carbons (Fsp3) is 0.875. The SMILES string of the molecule is COC(CCCSC(C)=O)OC. The van der Waals surface area contributed by atoms with E-state index in [1.165, 1.54) is 11.8 Å². The Kier molecular flexibility index (Phi) is 7.54. The van der Waals surface area contributed by atoms with Gasteiger partial charge in [-0.25, -0.2) is 0 Å². The van der Waals surface area contributed by atoms with Crippen molar-refractivity contribution in [3.63, 3.8) is 0 Å². The minimum absolute atomic E-state index is 0.127. The highest BCUT2D eigenvalue weighted by atomic mass is 32.2. The summed E-state index contributed by atoms with van der Waals surface area (Å²) in [5.41, 5.74) is 0. The van der Waals surface area contributed by atoms with Crippen molar-refractivity contribution in [2.24, 2.45) is 0 Å². The van der Waals surface area contributed by atoms with Crippen LogP contribution in [0.5, 0.6) is 0 Å². The second-order valence-electron chi connectivity index (χ2n) is 2.38. The van der Waals surface area contributed by atoms with Gasteiger partial charge in [-0.3, -0.25) is 4.79 Å². The zero-order chi connectivity index (χ0) is 9.40. The molecule has 0 rings (SSSR count). The quantitative estimate of drug-likeness (QED) is 0.473. The maximum Gasteiger partial charge on any atom is 0.185 e. The first-order valence-electron chi connectivity index (χ1n) is 3.89. The summed E-state index contributed by atoms with van der Waals surface area (Å²) in [7, 11) is 3.23. The topological polar surface area (TPSA) is 35.5 Å². The first-order chi connectivity index (χ1) is 5.70. The van der Waals surface area contributed by atoms with Gasteiger partial charge in [-0.2, -0.15) is 0 Å². The van der Waals surface area contributed by atoms with E-state index in [9.17, 15) is 4.79 Å². The first-order valence-corrected chi connectivity index (χ1v) is 4.88. The molecule has 0 aromatic carbocycles. The Morgan fingerprint density at radius 3 is 2.42 bits per heavy atom. The molecule has 0 fully saturated rings. The summed E-state index contributed by atoms with van der Waals surface area (Å²) in [6.45, 7) is 1.58. The normalized spacial score (nSPS) is 10.7. The van der Waals surface area contributed by atoms with Gasteiger partial charge in [0.15, 0.2) is 11.4 Å². The van der Waals surface area contributed by atoms with Crippen LogP contribution in [0.15, 0.2) is 0 Å². The van der Waals surface area contributed by atoms with E-state index in [2.05, 4.69) is 0 Å². The van der Waals surface area contributed by atoms with Crippen molar-refractivity contribution in [3.05, 3.63) is 0 Å². The van der Waals surface area contributed by atoms with E-state index < -0.39 is 0 Å². The molecule has 0 bridgehead atoms. The van der Waals surface area contributed by atoms with Gasteiger partial charge >= 0.3 is 0 Å². The van der Waals surface area contributed by atoms with Crippen LogP contribution in [0.25, 0.3) is 0 Å². The van der Waals surface area contributed by atoms with Crippen molar-refractivity contribution in [1.29, 1.82) is 0 Å². The largest absolute Gasteiger partial charge is 0.356 e. The molecule has 0 amide bonds. The molecule has 0 spiro atoms. The third-order valence-corrected chi connectivity index (χ3v) is 2.31. The second-order valence-corrected chi connectivity index (χ2v) is 3.66. The average Bonchev–Trinajstić information content (AvgIpc) is 2.04. The van der Waals surface area contributed by atoms with Crippen molar-refractivity contribution < 1.29 is 14.3 Å². The first kappa shape index (κ1) is 11.9. The molecule has 0 aliphatic heterocycles. The van der Waals surface area contributed by atoms with Gasteiger partial charge in [0.05, 0.1) is 0 Å². The number of carbonyl (C=O) groups excluding carboxylic acids is 1. The summed E-state index contributed by atoms with van der Waals surface area (Å²) in [5, 5.41) is 0.168. The Morgan fingerprint density at radius 2 is 2.00 bits per heavy atom. The summed E-state index contributed by atoms with van der Waals surface area (Å²) in [6.07, 6.45) is 1.65. The molecule has 0 aromatic heterocycles. The zero-order valence-electron chi connectivity index (χ0n) is 7.83. The Balaban J connectivity index is 3.23. The molecule has 0 aliphatic rings. The summed E-state index contributed by atoms with van der Waals surface area (Å²) >= 11 is 1.34. The van der Waals surface area contributed by atoms with Gasteiger partial charge in [-0.05, 0) is 12.8 Å². The highest BCUT2D eigenvalue weighted by molar-refractivity contribution is 8.13. The van der Waals surface area contributed by atoms with Gasteiger partial charge in [-0.15, -0.1) is 0 Å². The Bertz CT molecular complexity index is 123. The Hall–Kier alpha value is -0.0600. The number of hydrogen-bond acceptors (Lipinski definition) is 4. The van der Waals surface area contributed by atoms with Crippen molar-refractivity contribution >= 4 is 16.9 Å². The molecule has 0 unspecified atom stereocenters. The maximum atomic E-state index is 10.5. The molecule has 0 saturated heterocycles. The highest BCUT2D eigenvalue weighted by Gasteiger charge is 2.04. The predicted octanol–water partition coefficient (Wildman–Crippen LogP) is 1.67. The smallest absolute Gasteiger partial charge is 0.185 e. The fourth-order valence-corrected chi connectivity index (χ4v) is 1.40. The van der Waals surface area contributed by atoms with Gasteiger partial charge in [0.25, 0.3) is 0 Å². The summed E-state index contributed by atoms with van der Waals surface area (Å²) in [4.78, 5) is 10.5. The van der Waals surface area contributed by atoms with E-state index in [4.69, 9.17) is 9.47 Å². The molecule has 0 heterocycles. The lowest BCUT2D eigenvalue weighted by atomic mass is 10.3. The van der Waals surface area contributed by atoms with Crippen LogP contribution < -0.4 is 0 Å². The molecule has 3 nitrogen and oxygen atoms in total. The van der Waals surface area contributed by atoms with Crippen molar-refractivity contribution in [2.45, 2.75) is 26.1 Å². The van der Waals surface area contributed by atoms with Gasteiger partial charge in [-0.1, -0.05) is 11.8 Å². The summed E-state index contributed by atoms with van der Waals surface area (Å²) in [5.74, 6) is 0.846. The van der Waals surface area contributed by atoms with Crippen LogP contribution in [0.2, 0.25) is 0 Å². The third-order valence-electron chi connectivity index (χ3n) is 1.42. The molecule has 0 atom stereocenters. The van der Waals surface area contributed by atoms with Crippen LogP contribution in [0, 0.1) is 0 Å². The van der Waals surface area contributed by atoms with Gasteiger partial charge in [0.2, 0.25) is 0 Å². The second kappa shape index (κ2) is 7.58. The number of rotatable bonds is 6. The number of thioether (sulfide) groups is 1. The molecule has 12 heavy (non-hydrogen) atoms. The van der Waals surface area contributed by atoms with Crippen molar-refractivity contribution in [2.75, 3.05) is 20.0 Å². The van der Waals surface area contributed by atoms with E-state index in [1.54, 1.807) is 21.1 Å². The third kappa shape index (κ3) is 6.64. The van der Waals surface area contributed by atoms with Gasteiger partial charge < -0.3 is 9.47 Å². The Morgan fingerprint density at radius 1 is 1.42 bits per heavy atom. The van der Waals surface area contributed by atoms with Gasteiger partial charge in [0.1, 0.15) is 0 Å². The molecule has 4 heteroatoms.